The van der Waals surface area contributed by atoms with E-state index in [-0.39, 0.29) is 12.5 Å². The molecule has 0 aliphatic rings. The minimum Gasteiger partial charge on any atom is -0.493 e. The van der Waals surface area contributed by atoms with Gasteiger partial charge in [0.25, 0.3) is 5.91 Å². The first-order valence-electron chi connectivity index (χ1n) is 9.05. The molecule has 150 valence electrons. The smallest absolute Gasteiger partial charge is 0.277 e. The lowest BCUT2D eigenvalue weighted by atomic mass is 10.1. The van der Waals surface area contributed by atoms with Crippen LogP contribution >= 0.6 is 15.9 Å². The van der Waals surface area contributed by atoms with Crippen LogP contribution in [0.2, 0.25) is 0 Å². The highest BCUT2D eigenvalue weighted by Crippen LogP contribution is 2.36. The molecule has 0 spiro atoms. The van der Waals surface area contributed by atoms with Crippen LogP contribution in [0.25, 0.3) is 10.8 Å². The van der Waals surface area contributed by atoms with Gasteiger partial charge in [-0.1, -0.05) is 36.4 Å². The van der Waals surface area contributed by atoms with Crippen LogP contribution in [-0.2, 0) is 4.79 Å². The second-order valence-corrected chi connectivity index (χ2v) is 6.88. The van der Waals surface area contributed by atoms with Gasteiger partial charge in [-0.25, -0.2) is 5.43 Å². The summed E-state index contributed by atoms with van der Waals surface area (Å²) in [4.78, 5) is 12.1. The van der Waals surface area contributed by atoms with Crippen molar-refractivity contribution in [3.63, 3.8) is 0 Å². The molecule has 6 nitrogen and oxygen atoms in total. The Morgan fingerprint density at radius 3 is 2.69 bits per heavy atom. The summed E-state index contributed by atoms with van der Waals surface area (Å²) in [7, 11) is 1.57. The van der Waals surface area contributed by atoms with Gasteiger partial charge in [-0.15, -0.1) is 0 Å². The van der Waals surface area contributed by atoms with Crippen LogP contribution in [-0.4, -0.2) is 32.4 Å². The van der Waals surface area contributed by atoms with Crippen molar-refractivity contribution in [2.45, 2.75) is 6.92 Å². The summed E-state index contributed by atoms with van der Waals surface area (Å²) in [6.07, 6.45) is 1.53. The monoisotopic (exact) mass is 456 g/mol. The van der Waals surface area contributed by atoms with Crippen molar-refractivity contribution < 1.29 is 19.0 Å². The Kier molecular flexibility index (Phi) is 7.08. The van der Waals surface area contributed by atoms with Crippen molar-refractivity contribution in [2.24, 2.45) is 5.10 Å². The predicted molar refractivity (Wildman–Crippen MR) is 117 cm³/mol. The Morgan fingerprint density at radius 2 is 1.90 bits per heavy atom. The maximum Gasteiger partial charge on any atom is 0.277 e. The molecule has 0 saturated heterocycles. The van der Waals surface area contributed by atoms with Crippen molar-refractivity contribution in [2.75, 3.05) is 20.3 Å². The fourth-order valence-corrected chi connectivity index (χ4v) is 3.35. The van der Waals surface area contributed by atoms with Gasteiger partial charge < -0.3 is 14.2 Å². The van der Waals surface area contributed by atoms with Crippen LogP contribution in [0.4, 0.5) is 0 Å². The summed E-state index contributed by atoms with van der Waals surface area (Å²) in [6, 6.07) is 17.2. The van der Waals surface area contributed by atoms with E-state index in [0.29, 0.717) is 23.9 Å². The Bertz CT molecular complexity index is 1030. The molecule has 0 atom stereocenters. The number of hydrogen-bond donors (Lipinski definition) is 1. The zero-order valence-electron chi connectivity index (χ0n) is 16.1. The van der Waals surface area contributed by atoms with Gasteiger partial charge in [-0.3, -0.25) is 4.79 Å². The predicted octanol–water partition coefficient (Wildman–Crippen LogP) is 4.54. The Morgan fingerprint density at radius 1 is 1.10 bits per heavy atom. The number of halogens is 1. The number of nitrogens with one attached hydrogen (secondary N) is 1. The van der Waals surface area contributed by atoms with Crippen LogP contribution in [0.3, 0.4) is 0 Å². The molecule has 0 heterocycles. The third kappa shape index (κ3) is 5.26. The zero-order valence-corrected chi connectivity index (χ0v) is 17.7. The molecule has 3 aromatic rings. The summed E-state index contributed by atoms with van der Waals surface area (Å²) in [5, 5.41) is 6.00. The van der Waals surface area contributed by atoms with Gasteiger partial charge in [0, 0.05) is 5.39 Å². The highest BCUT2D eigenvalue weighted by Gasteiger charge is 2.10. The molecule has 1 N–H and O–H groups in total. The second kappa shape index (κ2) is 9.93. The van der Waals surface area contributed by atoms with Gasteiger partial charge in [-0.2, -0.15) is 5.10 Å². The number of methoxy groups -OCH3 is 1. The van der Waals surface area contributed by atoms with E-state index in [1.807, 2.05) is 55.5 Å². The summed E-state index contributed by atoms with van der Waals surface area (Å²) in [6.45, 7) is 2.29. The van der Waals surface area contributed by atoms with Gasteiger partial charge in [0.1, 0.15) is 5.75 Å². The molecule has 29 heavy (non-hydrogen) atoms. The Labute approximate surface area is 177 Å². The van der Waals surface area contributed by atoms with E-state index in [4.69, 9.17) is 14.2 Å². The largest absolute Gasteiger partial charge is 0.493 e. The number of hydrazone groups is 1. The summed E-state index contributed by atoms with van der Waals surface area (Å²) >= 11 is 3.46. The number of carbonyl (C=O) groups is 1. The molecule has 1 amide bonds. The quantitative estimate of drug-likeness (QED) is 0.399. The van der Waals surface area contributed by atoms with E-state index in [0.717, 1.165) is 20.8 Å². The number of nitrogens with zero attached hydrogens (tertiary/aromatic N) is 1. The van der Waals surface area contributed by atoms with Crippen LogP contribution in [0.15, 0.2) is 64.2 Å². The molecule has 3 aromatic carbocycles. The lowest BCUT2D eigenvalue weighted by Gasteiger charge is -2.12. The fraction of sp³-hybridized carbons (Fsp3) is 0.182. The van der Waals surface area contributed by atoms with E-state index in [9.17, 15) is 4.79 Å². The van der Waals surface area contributed by atoms with E-state index >= 15 is 0 Å². The van der Waals surface area contributed by atoms with Crippen molar-refractivity contribution in [3.8, 4) is 17.2 Å². The van der Waals surface area contributed by atoms with Crippen molar-refractivity contribution in [1.82, 2.24) is 5.43 Å². The fourth-order valence-electron chi connectivity index (χ4n) is 2.77. The summed E-state index contributed by atoms with van der Waals surface area (Å²) in [5.74, 6) is 1.50. The van der Waals surface area contributed by atoms with Gasteiger partial charge in [0.2, 0.25) is 0 Å². The molecule has 0 saturated carbocycles. The molecular formula is C22H21BrN2O4. The summed E-state index contributed by atoms with van der Waals surface area (Å²) in [5.41, 5.74) is 3.21. The molecule has 0 aromatic heterocycles. The SMILES string of the molecule is CCOc1c(Br)cc(/C=N/NC(=O)COc2cccc3ccccc23)cc1OC. The lowest BCUT2D eigenvalue weighted by molar-refractivity contribution is -0.123. The average molecular weight is 457 g/mol. The van der Waals surface area contributed by atoms with E-state index in [1.54, 1.807) is 13.2 Å². The lowest BCUT2D eigenvalue weighted by Crippen LogP contribution is -2.24. The minimum absolute atomic E-state index is 0.137. The second-order valence-electron chi connectivity index (χ2n) is 6.03. The van der Waals surface area contributed by atoms with Crippen molar-refractivity contribution >= 4 is 38.8 Å². The van der Waals surface area contributed by atoms with E-state index in [2.05, 4.69) is 26.5 Å². The van der Waals surface area contributed by atoms with E-state index < -0.39 is 0 Å². The third-order valence-electron chi connectivity index (χ3n) is 4.05. The van der Waals surface area contributed by atoms with E-state index in [1.165, 1.54) is 6.21 Å². The highest BCUT2D eigenvalue weighted by atomic mass is 79.9. The number of amides is 1. The standard InChI is InChI=1S/C22H21BrN2O4/c1-3-28-22-18(23)11-15(12-20(22)27-2)13-24-25-21(26)14-29-19-10-6-8-16-7-4-5-9-17(16)19/h4-13H,3,14H2,1-2H3,(H,25,26)/b24-13+. The first-order chi connectivity index (χ1) is 14.1. The molecule has 3 rings (SSSR count). The van der Waals surface area contributed by atoms with Crippen LogP contribution < -0.4 is 19.6 Å². The number of fused-ring (bicyclic) bond motifs is 1. The number of hydrogen-bond acceptors (Lipinski definition) is 5. The third-order valence-corrected chi connectivity index (χ3v) is 4.64. The first-order valence-corrected chi connectivity index (χ1v) is 9.84. The normalized spacial score (nSPS) is 10.9. The number of carbonyl (C=O) groups excluding carboxylic acids is 1. The number of rotatable bonds is 8. The van der Waals surface area contributed by atoms with Crippen LogP contribution in [0.5, 0.6) is 17.2 Å². The minimum atomic E-state index is -0.355. The maximum atomic E-state index is 12.1. The van der Waals surface area contributed by atoms with Crippen LogP contribution in [0, 0.1) is 0 Å². The molecular weight excluding hydrogens is 436 g/mol. The van der Waals surface area contributed by atoms with Gasteiger partial charge >= 0.3 is 0 Å². The topological polar surface area (TPSA) is 69.2 Å². The average Bonchev–Trinajstić information content (AvgIpc) is 2.74. The highest BCUT2D eigenvalue weighted by molar-refractivity contribution is 9.10. The first kappa shape index (κ1) is 20.7. The van der Waals surface area contributed by atoms with Crippen LogP contribution in [0.1, 0.15) is 12.5 Å². The maximum absolute atomic E-state index is 12.1. The number of ether oxygens (including phenoxy) is 3. The molecule has 0 bridgehead atoms. The van der Waals surface area contributed by atoms with Crippen molar-refractivity contribution in [3.05, 3.63) is 64.6 Å². The molecule has 0 aliphatic heterocycles. The van der Waals surface area contributed by atoms with Gasteiger partial charge in [0.05, 0.1) is 24.4 Å². The Hall–Kier alpha value is -3.06. The molecule has 7 heteroatoms. The molecule has 0 unspecified atom stereocenters. The molecule has 0 radical (unpaired) electrons. The molecule has 0 aliphatic carbocycles. The van der Waals surface area contributed by atoms with Gasteiger partial charge in [-0.05, 0) is 52.0 Å². The zero-order chi connectivity index (χ0) is 20.6. The summed E-state index contributed by atoms with van der Waals surface area (Å²) < 4.78 is 17.3. The Balaban J connectivity index is 1.60. The molecule has 0 fully saturated rings. The van der Waals surface area contributed by atoms with Gasteiger partial charge in [0.15, 0.2) is 18.1 Å². The van der Waals surface area contributed by atoms with Crippen molar-refractivity contribution in [1.29, 1.82) is 0 Å². The number of benzene rings is 3.